The van der Waals surface area contributed by atoms with E-state index in [2.05, 4.69) is 15.0 Å². The van der Waals surface area contributed by atoms with Crippen molar-refractivity contribution in [3.05, 3.63) is 64.6 Å². The average Bonchev–Trinajstić information content (AvgIpc) is 3.23. The first kappa shape index (κ1) is 35.7. The molecule has 0 radical (unpaired) electrons. The maximum Gasteiger partial charge on any atom is 0.421 e. The third kappa shape index (κ3) is 7.07. The van der Waals surface area contributed by atoms with Gasteiger partial charge < -0.3 is 14.6 Å². The highest BCUT2D eigenvalue weighted by molar-refractivity contribution is 7.90. The van der Waals surface area contributed by atoms with Crippen LogP contribution >= 0.6 is 0 Å². The minimum absolute atomic E-state index is 0.103. The van der Waals surface area contributed by atoms with Crippen molar-refractivity contribution in [3.63, 3.8) is 0 Å². The fourth-order valence-corrected chi connectivity index (χ4v) is 5.15. The molecule has 4 rings (SSSR count). The molecule has 3 heterocycles. The van der Waals surface area contributed by atoms with Crippen LogP contribution in [0.15, 0.2) is 41.8 Å². The van der Waals surface area contributed by atoms with E-state index in [4.69, 9.17) is 9.47 Å². The number of carbonyl (C=O) groups is 1. The number of hydrogen-bond donors (Lipinski definition) is 1. The molecular formula is C27H23F9N4O6S. The third-order valence-electron chi connectivity index (χ3n) is 7.28. The molecule has 0 spiro atoms. The highest BCUT2D eigenvalue weighted by Gasteiger charge is 2.52. The maximum absolute atomic E-state index is 13.6. The second-order valence-corrected chi connectivity index (χ2v) is 12.6. The van der Waals surface area contributed by atoms with Crippen LogP contribution < -0.4 is 4.74 Å². The number of nitrogens with zero attached hydrogens (tertiary/aromatic N) is 4. The number of carbonyl (C=O) groups excluding carboxylic acids is 1. The molecule has 1 fully saturated rings. The van der Waals surface area contributed by atoms with E-state index in [-0.39, 0.29) is 28.8 Å². The molecule has 1 aliphatic rings. The van der Waals surface area contributed by atoms with Gasteiger partial charge in [0.2, 0.25) is 20.9 Å². The summed E-state index contributed by atoms with van der Waals surface area (Å²) in [5, 5.41) is 9.43. The lowest BCUT2D eigenvalue weighted by molar-refractivity contribution is -0.259. The smallest absolute Gasteiger partial charge is 0.421 e. The van der Waals surface area contributed by atoms with Crippen molar-refractivity contribution in [3.8, 4) is 17.0 Å². The van der Waals surface area contributed by atoms with Crippen LogP contribution in [0.2, 0.25) is 0 Å². The molecule has 1 saturated heterocycles. The van der Waals surface area contributed by atoms with Gasteiger partial charge in [-0.2, -0.15) is 39.5 Å². The predicted octanol–water partition coefficient (Wildman–Crippen LogP) is 5.84. The SMILES string of the molecule is COc1ncc([C@](C)(O)C(F)(F)F)cc1-c1cnc(S(C)(=O)=O)nc1CN1C(=O)O[C@H](c2cc(C(F)(F)F)cc(C(F)(F)F)c2)[C@@H]1C. The van der Waals surface area contributed by atoms with Gasteiger partial charge in [0, 0.05) is 35.3 Å². The highest BCUT2D eigenvalue weighted by Crippen LogP contribution is 2.43. The number of ether oxygens (including phenoxy) is 2. The minimum atomic E-state index is -5.20. The zero-order valence-corrected chi connectivity index (χ0v) is 25.2. The number of sulfone groups is 1. The van der Waals surface area contributed by atoms with Gasteiger partial charge in [0.15, 0.2) is 5.60 Å². The second kappa shape index (κ2) is 11.8. The number of hydrogen-bond acceptors (Lipinski definition) is 9. The van der Waals surface area contributed by atoms with Gasteiger partial charge >= 0.3 is 24.6 Å². The molecule has 1 aliphatic heterocycles. The van der Waals surface area contributed by atoms with Crippen LogP contribution in [-0.4, -0.2) is 65.1 Å². The van der Waals surface area contributed by atoms with E-state index in [1.807, 2.05) is 0 Å². The van der Waals surface area contributed by atoms with Crippen molar-refractivity contribution in [2.24, 2.45) is 0 Å². The Morgan fingerprint density at radius 3 is 1.98 bits per heavy atom. The van der Waals surface area contributed by atoms with Gasteiger partial charge in [-0.05, 0) is 43.7 Å². The third-order valence-corrected chi connectivity index (χ3v) is 8.14. The Kier molecular flexibility index (Phi) is 8.95. The number of benzene rings is 1. The van der Waals surface area contributed by atoms with Crippen LogP contribution in [0.25, 0.3) is 11.1 Å². The topological polar surface area (TPSA) is 132 Å². The standard InChI is InChI=1S/C27H23F9N4O6S/c1-12-20(13-5-14(25(28,29)30)7-15(6-13)26(31,32)33)46-23(41)40(12)11-19-18(10-38-22(39-19)47(4,43)44)17-8-16(9-37-21(17)45-3)24(2,42)27(34,35)36/h5-10,12,20,42H,11H2,1-4H3/t12-,20-,24-/m0/s1. The quantitative estimate of drug-likeness (QED) is 0.238. The fourth-order valence-electron chi connectivity index (χ4n) is 4.62. The molecule has 1 aromatic carbocycles. The van der Waals surface area contributed by atoms with Crippen molar-refractivity contribution in [1.29, 1.82) is 0 Å². The van der Waals surface area contributed by atoms with E-state index >= 15 is 0 Å². The van der Waals surface area contributed by atoms with E-state index in [1.54, 1.807) is 0 Å². The van der Waals surface area contributed by atoms with E-state index in [0.717, 1.165) is 30.5 Å². The first-order chi connectivity index (χ1) is 21.4. The first-order valence-corrected chi connectivity index (χ1v) is 14.9. The number of cyclic esters (lactones) is 1. The van der Waals surface area contributed by atoms with Gasteiger partial charge in [0.25, 0.3) is 0 Å². The summed E-state index contributed by atoms with van der Waals surface area (Å²) in [5.74, 6) is -0.345. The van der Waals surface area contributed by atoms with Crippen LogP contribution in [0, 0.1) is 0 Å². The summed E-state index contributed by atoms with van der Waals surface area (Å²) in [7, 11) is -3.06. The predicted molar refractivity (Wildman–Crippen MR) is 141 cm³/mol. The number of aliphatic hydroxyl groups is 1. The number of alkyl halides is 9. The largest absolute Gasteiger partial charge is 0.481 e. The fraction of sp³-hybridized carbons (Fsp3) is 0.407. The molecule has 0 aliphatic carbocycles. The van der Waals surface area contributed by atoms with Gasteiger partial charge in [-0.15, -0.1) is 0 Å². The van der Waals surface area contributed by atoms with Crippen molar-refractivity contribution >= 4 is 15.9 Å². The van der Waals surface area contributed by atoms with Gasteiger partial charge in [-0.3, -0.25) is 4.90 Å². The van der Waals surface area contributed by atoms with Crippen LogP contribution in [0.1, 0.15) is 47.9 Å². The highest BCUT2D eigenvalue weighted by atomic mass is 32.2. The number of rotatable bonds is 7. The molecule has 1 N–H and O–H groups in total. The average molecular weight is 703 g/mol. The van der Waals surface area contributed by atoms with Gasteiger partial charge in [-0.1, -0.05) is 0 Å². The van der Waals surface area contributed by atoms with Gasteiger partial charge in [0.05, 0.1) is 36.5 Å². The Hall–Kier alpha value is -4.20. The first-order valence-electron chi connectivity index (χ1n) is 13.0. The summed E-state index contributed by atoms with van der Waals surface area (Å²) in [4.78, 5) is 25.3. The Balaban J connectivity index is 1.84. The molecule has 0 bridgehead atoms. The lowest BCUT2D eigenvalue weighted by atomic mass is 9.94. The van der Waals surface area contributed by atoms with E-state index in [0.29, 0.717) is 25.3 Å². The molecule has 1 amide bonds. The zero-order chi connectivity index (χ0) is 35.5. The normalized spacial score (nSPS) is 19.0. The monoisotopic (exact) mass is 702 g/mol. The number of halogens is 9. The van der Waals surface area contributed by atoms with Crippen molar-refractivity contribution in [1.82, 2.24) is 19.9 Å². The molecular weight excluding hydrogens is 679 g/mol. The van der Waals surface area contributed by atoms with E-state index in [9.17, 15) is 57.8 Å². The lowest BCUT2D eigenvalue weighted by Crippen LogP contribution is -2.39. The summed E-state index contributed by atoms with van der Waals surface area (Å²) in [6.07, 6.45) is -16.2. The second-order valence-electron chi connectivity index (χ2n) is 10.6. The molecule has 2 aromatic heterocycles. The van der Waals surface area contributed by atoms with Crippen LogP contribution in [0.4, 0.5) is 44.3 Å². The molecule has 3 atom stereocenters. The van der Waals surface area contributed by atoms with Crippen LogP contribution in [0.3, 0.4) is 0 Å². The van der Waals surface area contributed by atoms with Gasteiger partial charge in [0.1, 0.15) is 6.10 Å². The summed E-state index contributed by atoms with van der Waals surface area (Å²) < 4.78 is 157. The number of aromatic nitrogens is 3. The Morgan fingerprint density at radius 1 is 0.915 bits per heavy atom. The number of amides is 1. The van der Waals surface area contributed by atoms with Gasteiger partial charge in [-0.25, -0.2) is 28.2 Å². The molecule has 0 unspecified atom stereocenters. The molecule has 20 heteroatoms. The summed E-state index contributed by atoms with van der Waals surface area (Å²) >= 11 is 0. The Labute approximate surface area is 260 Å². The summed E-state index contributed by atoms with van der Waals surface area (Å²) in [5.41, 5.74) is -9.09. The van der Waals surface area contributed by atoms with E-state index in [1.165, 1.54) is 6.92 Å². The summed E-state index contributed by atoms with van der Waals surface area (Å²) in [6.45, 7) is 0.945. The number of methoxy groups -OCH3 is 1. The van der Waals surface area contributed by atoms with Crippen molar-refractivity contribution < 1.29 is 67.3 Å². The van der Waals surface area contributed by atoms with Crippen LogP contribution in [0.5, 0.6) is 5.88 Å². The van der Waals surface area contributed by atoms with Crippen molar-refractivity contribution in [2.75, 3.05) is 13.4 Å². The molecule has 47 heavy (non-hydrogen) atoms. The van der Waals surface area contributed by atoms with Crippen molar-refractivity contribution in [2.45, 2.75) is 61.8 Å². The Morgan fingerprint density at radius 2 is 1.49 bits per heavy atom. The number of pyridine rings is 1. The molecule has 0 saturated carbocycles. The van der Waals surface area contributed by atoms with E-state index < -0.39 is 86.2 Å². The zero-order valence-electron chi connectivity index (χ0n) is 24.4. The molecule has 3 aromatic rings. The maximum atomic E-state index is 13.6. The molecule has 10 nitrogen and oxygen atoms in total. The lowest BCUT2D eigenvalue weighted by Gasteiger charge is -2.27. The Bertz CT molecular complexity index is 1780. The molecule has 256 valence electrons. The summed E-state index contributed by atoms with van der Waals surface area (Å²) in [6, 6.07) is 0.194. The minimum Gasteiger partial charge on any atom is -0.481 e. The van der Waals surface area contributed by atoms with Crippen LogP contribution in [-0.2, 0) is 39.1 Å².